The predicted molar refractivity (Wildman–Crippen MR) is 113 cm³/mol. The number of nitrogens with zero attached hydrogens (tertiary/aromatic N) is 2. The van der Waals surface area contributed by atoms with Crippen molar-refractivity contribution in [2.24, 2.45) is 5.14 Å². The molecule has 0 radical (unpaired) electrons. The molecule has 1 atom stereocenters. The molecule has 146 valence electrons. The van der Waals surface area contributed by atoms with Gasteiger partial charge in [-0.1, -0.05) is 27.7 Å². The smallest absolute Gasteiger partial charge is 0.238 e. The second-order valence-electron chi connectivity index (χ2n) is 5.87. The molecule has 0 bridgehead atoms. The SMILES string of the molecule is CC(Sc1nccn1-c1ccc(Br)cc1)C(=O)Nc1ccc(S(N)(=O)=O)cc1. The molecule has 0 aliphatic carbocycles. The lowest BCUT2D eigenvalue weighted by molar-refractivity contribution is -0.115. The minimum Gasteiger partial charge on any atom is -0.325 e. The number of nitrogens with one attached hydrogen (secondary N) is 1. The third-order valence-corrected chi connectivity index (χ3v) is 6.35. The van der Waals surface area contributed by atoms with Crippen molar-refractivity contribution in [2.45, 2.75) is 22.2 Å². The van der Waals surface area contributed by atoms with E-state index < -0.39 is 15.3 Å². The average Bonchev–Trinajstić information content (AvgIpc) is 3.10. The Morgan fingerprint density at radius 3 is 2.43 bits per heavy atom. The van der Waals surface area contributed by atoms with Crippen molar-refractivity contribution in [1.29, 1.82) is 0 Å². The van der Waals surface area contributed by atoms with Crippen LogP contribution in [0.15, 0.2) is 75.4 Å². The Morgan fingerprint density at radius 1 is 1.18 bits per heavy atom. The van der Waals surface area contributed by atoms with Crippen molar-refractivity contribution in [3.63, 3.8) is 0 Å². The summed E-state index contributed by atoms with van der Waals surface area (Å²) >= 11 is 4.73. The van der Waals surface area contributed by atoms with Crippen molar-refractivity contribution < 1.29 is 13.2 Å². The van der Waals surface area contributed by atoms with E-state index in [2.05, 4.69) is 26.2 Å². The Hall–Kier alpha value is -2.14. The standard InChI is InChI=1S/C18H17BrN4O3S2/c1-12(17(24)22-14-4-8-16(9-5-14)28(20,25)26)27-18-21-10-11-23(18)15-6-2-13(19)3-7-15/h2-12H,1H3,(H,22,24)(H2,20,25,26). The highest BCUT2D eigenvalue weighted by atomic mass is 79.9. The van der Waals surface area contributed by atoms with Crippen molar-refractivity contribution in [1.82, 2.24) is 9.55 Å². The fraction of sp³-hybridized carbons (Fsp3) is 0.111. The van der Waals surface area contributed by atoms with Gasteiger partial charge in [-0.15, -0.1) is 0 Å². The largest absolute Gasteiger partial charge is 0.325 e. The van der Waals surface area contributed by atoms with E-state index in [1.54, 1.807) is 13.1 Å². The van der Waals surface area contributed by atoms with Gasteiger partial charge in [0.1, 0.15) is 0 Å². The first-order valence-electron chi connectivity index (χ1n) is 8.14. The maximum atomic E-state index is 12.5. The molecule has 1 heterocycles. The fourth-order valence-corrected chi connectivity index (χ4v) is 4.02. The summed E-state index contributed by atoms with van der Waals surface area (Å²) < 4.78 is 25.5. The zero-order chi connectivity index (χ0) is 20.3. The van der Waals surface area contributed by atoms with Gasteiger partial charge in [-0.25, -0.2) is 18.5 Å². The molecule has 0 spiro atoms. The number of primary sulfonamides is 1. The number of halogens is 1. The van der Waals surface area contributed by atoms with E-state index in [4.69, 9.17) is 5.14 Å². The zero-order valence-electron chi connectivity index (χ0n) is 14.7. The number of aromatic nitrogens is 2. The number of anilines is 1. The molecule has 3 rings (SSSR count). The second-order valence-corrected chi connectivity index (χ2v) is 9.66. The number of hydrogen-bond donors (Lipinski definition) is 2. The number of carbonyl (C=O) groups is 1. The molecule has 0 saturated heterocycles. The first-order chi connectivity index (χ1) is 13.2. The number of thioether (sulfide) groups is 1. The highest BCUT2D eigenvalue weighted by molar-refractivity contribution is 9.10. The van der Waals surface area contributed by atoms with Gasteiger partial charge in [-0.05, 0) is 55.5 Å². The van der Waals surface area contributed by atoms with Crippen LogP contribution in [0.5, 0.6) is 0 Å². The van der Waals surface area contributed by atoms with Crippen LogP contribution in [0.4, 0.5) is 5.69 Å². The van der Waals surface area contributed by atoms with Crippen molar-refractivity contribution in [3.8, 4) is 5.69 Å². The Labute approximate surface area is 175 Å². The molecule has 1 amide bonds. The van der Waals surface area contributed by atoms with Crippen LogP contribution in [0.25, 0.3) is 5.69 Å². The molecule has 0 saturated carbocycles. The maximum absolute atomic E-state index is 12.5. The van der Waals surface area contributed by atoms with Gasteiger partial charge in [0, 0.05) is 28.2 Å². The number of sulfonamides is 1. The highest BCUT2D eigenvalue weighted by Crippen LogP contribution is 2.26. The molecule has 28 heavy (non-hydrogen) atoms. The number of carbonyl (C=O) groups excluding carboxylic acids is 1. The van der Waals surface area contributed by atoms with Crippen LogP contribution in [0.3, 0.4) is 0 Å². The summed E-state index contributed by atoms with van der Waals surface area (Å²) in [5.41, 5.74) is 1.43. The highest BCUT2D eigenvalue weighted by Gasteiger charge is 2.18. The molecule has 7 nitrogen and oxygen atoms in total. The van der Waals surface area contributed by atoms with Crippen LogP contribution < -0.4 is 10.5 Å². The van der Waals surface area contributed by atoms with E-state index in [1.165, 1.54) is 36.0 Å². The number of rotatable bonds is 6. The van der Waals surface area contributed by atoms with Crippen molar-refractivity contribution >= 4 is 49.3 Å². The van der Waals surface area contributed by atoms with Gasteiger partial charge in [-0.2, -0.15) is 0 Å². The van der Waals surface area contributed by atoms with E-state index in [0.717, 1.165) is 10.2 Å². The molecule has 0 aliphatic heterocycles. The van der Waals surface area contributed by atoms with E-state index >= 15 is 0 Å². The molecule has 3 N–H and O–H groups in total. The van der Waals surface area contributed by atoms with Crippen LogP contribution in [0.1, 0.15) is 6.92 Å². The lowest BCUT2D eigenvalue weighted by Gasteiger charge is -2.13. The summed E-state index contributed by atoms with van der Waals surface area (Å²) in [6.45, 7) is 1.78. The first-order valence-corrected chi connectivity index (χ1v) is 11.4. The molecule has 1 unspecified atom stereocenters. The van der Waals surface area contributed by atoms with Crippen LogP contribution in [0, 0.1) is 0 Å². The second kappa shape index (κ2) is 8.48. The maximum Gasteiger partial charge on any atom is 0.238 e. The quantitative estimate of drug-likeness (QED) is 0.525. The third kappa shape index (κ3) is 5.02. The summed E-state index contributed by atoms with van der Waals surface area (Å²) in [7, 11) is -3.76. The topological polar surface area (TPSA) is 107 Å². The molecule has 3 aromatic rings. The van der Waals surface area contributed by atoms with Gasteiger partial charge in [0.2, 0.25) is 15.9 Å². The van der Waals surface area contributed by atoms with Crippen LogP contribution in [0.2, 0.25) is 0 Å². The monoisotopic (exact) mass is 480 g/mol. The van der Waals surface area contributed by atoms with E-state index in [1.807, 2.05) is 35.0 Å². The lowest BCUT2D eigenvalue weighted by Crippen LogP contribution is -2.23. The average molecular weight is 481 g/mol. The molecular formula is C18H17BrN4O3S2. The number of nitrogens with two attached hydrogens (primary N) is 1. The van der Waals surface area contributed by atoms with Gasteiger partial charge in [0.15, 0.2) is 5.16 Å². The molecular weight excluding hydrogens is 464 g/mol. The molecule has 1 aromatic heterocycles. The van der Waals surface area contributed by atoms with Crippen molar-refractivity contribution in [2.75, 3.05) is 5.32 Å². The number of amides is 1. The number of imidazole rings is 1. The van der Waals surface area contributed by atoms with Gasteiger partial charge >= 0.3 is 0 Å². The van der Waals surface area contributed by atoms with Crippen LogP contribution in [-0.2, 0) is 14.8 Å². The molecule has 0 fully saturated rings. The summed E-state index contributed by atoms with van der Waals surface area (Å²) in [6, 6.07) is 13.5. The lowest BCUT2D eigenvalue weighted by atomic mass is 10.3. The summed E-state index contributed by atoms with van der Waals surface area (Å²) in [6.07, 6.45) is 3.52. The van der Waals surface area contributed by atoms with E-state index in [-0.39, 0.29) is 10.8 Å². The first kappa shape index (κ1) is 20.6. The van der Waals surface area contributed by atoms with Gasteiger partial charge in [0.25, 0.3) is 0 Å². The normalized spacial score (nSPS) is 12.5. The molecule has 2 aromatic carbocycles. The van der Waals surface area contributed by atoms with E-state index in [0.29, 0.717) is 10.8 Å². The molecule has 10 heteroatoms. The van der Waals surface area contributed by atoms with Gasteiger partial charge < -0.3 is 5.32 Å². The van der Waals surface area contributed by atoms with Gasteiger partial charge in [-0.3, -0.25) is 9.36 Å². The summed E-state index contributed by atoms with van der Waals surface area (Å²) in [5.74, 6) is -0.223. The molecule has 0 aliphatic rings. The minimum absolute atomic E-state index is 0.00977. The number of benzene rings is 2. The zero-order valence-corrected chi connectivity index (χ0v) is 18.0. The van der Waals surface area contributed by atoms with Crippen LogP contribution >= 0.6 is 27.7 Å². The Bertz CT molecular complexity index is 1080. The Kier molecular flexibility index (Phi) is 6.23. The van der Waals surface area contributed by atoms with Crippen molar-refractivity contribution in [3.05, 3.63) is 65.4 Å². The number of hydrogen-bond acceptors (Lipinski definition) is 5. The van der Waals surface area contributed by atoms with Crippen LogP contribution in [-0.4, -0.2) is 29.1 Å². The third-order valence-electron chi connectivity index (χ3n) is 3.81. The summed E-state index contributed by atoms with van der Waals surface area (Å²) in [5, 5.41) is 8.10. The fourth-order valence-electron chi connectivity index (χ4n) is 2.36. The Morgan fingerprint density at radius 2 is 1.82 bits per heavy atom. The van der Waals surface area contributed by atoms with E-state index in [9.17, 15) is 13.2 Å². The summed E-state index contributed by atoms with van der Waals surface area (Å²) in [4.78, 5) is 16.8. The van der Waals surface area contributed by atoms with Gasteiger partial charge in [0.05, 0.1) is 10.1 Å². The minimum atomic E-state index is -3.76. The Balaban J connectivity index is 1.68. The predicted octanol–water partition coefficient (Wildman–Crippen LogP) is 3.40.